The van der Waals surface area contributed by atoms with E-state index in [1.807, 2.05) is 0 Å². The molecule has 0 saturated carbocycles. The third-order valence-electron chi connectivity index (χ3n) is 2.43. The molecule has 1 aromatic heterocycles. The monoisotopic (exact) mass is 316 g/mol. The summed E-state index contributed by atoms with van der Waals surface area (Å²) in [5.41, 5.74) is 5.48. The molecule has 1 aromatic carbocycles. The van der Waals surface area contributed by atoms with Crippen molar-refractivity contribution < 1.29 is 18.3 Å². The highest BCUT2D eigenvalue weighted by Gasteiger charge is 2.19. The van der Waals surface area contributed by atoms with Gasteiger partial charge in [0.15, 0.2) is 5.82 Å². The minimum absolute atomic E-state index is 0.00963. The van der Waals surface area contributed by atoms with Gasteiger partial charge in [-0.25, -0.2) is 13.6 Å². The number of methoxy groups -OCH3 is 1. The van der Waals surface area contributed by atoms with Crippen LogP contribution in [0.5, 0.6) is 0 Å². The smallest absolute Gasteiger partial charge is 0.341 e. The van der Waals surface area contributed by atoms with Crippen molar-refractivity contribution in [2.24, 2.45) is 0 Å². The number of pyridine rings is 1. The molecule has 0 bridgehead atoms. The third kappa shape index (κ3) is 1.80. The predicted octanol–water partition coefficient (Wildman–Crippen LogP) is 2.64. The Morgan fingerprint density at radius 3 is 2.72 bits per heavy atom. The maximum atomic E-state index is 13.5. The number of aromatic nitrogens is 1. The van der Waals surface area contributed by atoms with Gasteiger partial charge in [0.05, 0.1) is 17.3 Å². The number of carbonyl (C=O) groups is 1. The average Bonchev–Trinajstić information content (AvgIpc) is 2.35. The molecule has 0 fully saturated rings. The second-order valence-electron chi connectivity index (χ2n) is 3.45. The van der Waals surface area contributed by atoms with Gasteiger partial charge in [0.2, 0.25) is 0 Å². The third-order valence-corrected chi connectivity index (χ3v) is 3.21. The van der Waals surface area contributed by atoms with Crippen LogP contribution in [0.25, 0.3) is 10.9 Å². The van der Waals surface area contributed by atoms with Crippen molar-refractivity contribution in [3.05, 3.63) is 33.9 Å². The number of esters is 1. The first-order valence-corrected chi connectivity index (χ1v) is 5.56. The van der Waals surface area contributed by atoms with Crippen LogP contribution in [0.2, 0.25) is 0 Å². The number of benzene rings is 1. The summed E-state index contributed by atoms with van der Waals surface area (Å²) in [5.74, 6) is -2.40. The first kappa shape index (κ1) is 12.7. The zero-order valence-electron chi connectivity index (χ0n) is 9.13. The molecular weight excluding hydrogens is 310 g/mol. The van der Waals surface area contributed by atoms with Gasteiger partial charge in [0.1, 0.15) is 16.9 Å². The van der Waals surface area contributed by atoms with Gasteiger partial charge in [-0.3, -0.25) is 4.98 Å². The largest absolute Gasteiger partial charge is 0.465 e. The summed E-state index contributed by atoms with van der Waals surface area (Å²) >= 11 is 2.96. The highest BCUT2D eigenvalue weighted by Crippen LogP contribution is 2.33. The lowest BCUT2D eigenvalue weighted by Crippen LogP contribution is -2.08. The number of nitrogens with two attached hydrogens (primary N) is 1. The van der Waals surface area contributed by atoms with Crippen molar-refractivity contribution >= 4 is 38.5 Å². The molecule has 0 saturated heterocycles. The predicted molar refractivity (Wildman–Crippen MR) is 65.1 cm³/mol. The summed E-state index contributed by atoms with van der Waals surface area (Å²) in [5, 5.41) is 0.00963. The topological polar surface area (TPSA) is 65.2 Å². The highest BCUT2D eigenvalue weighted by atomic mass is 79.9. The maximum Gasteiger partial charge on any atom is 0.341 e. The van der Waals surface area contributed by atoms with Gasteiger partial charge in [-0.2, -0.15) is 0 Å². The average molecular weight is 317 g/mol. The standard InChI is InChI=1S/C11H7BrF2N2O2/c1-18-11(17)4-3-16-10-6(14)2-5(13)8(12)7(10)9(4)15/h2-3H,1H3,(H2,15,16). The number of ether oxygens (including phenoxy) is 1. The van der Waals surface area contributed by atoms with E-state index < -0.39 is 17.6 Å². The van der Waals surface area contributed by atoms with Gasteiger partial charge in [-0.05, 0) is 15.9 Å². The summed E-state index contributed by atoms with van der Waals surface area (Å²) in [6.45, 7) is 0. The van der Waals surface area contributed by atoms with Crippen LogP contribution < -0.4 is 5.73 Å². The minimum atomic E-state index is -0.853. The molecular formula is C11H7BrF2N2O2. The molecule has 0 spiro atoms. The Labute approximate surface area is 109 Å². The minimum Gasteiger partial charge on any atom is -0.465 e. The Bertz CT molecular complexity index is 661. The number of fused-ring (bicyclic) bond motifs is 1. The lowest BCUT2D eigenvalue weighted by Gasteiger charge is -2.09. The van der Waals surface area contributed by atoms with Crippen LogP contribution in [0, 0.1) is 11.6 Å². The fourth-order valence-corrected chi connectivity index (χ4v) is 2.08. The van der Waals surface area contributed by atoms with E-state index in [9.17, 15) is 13.6 Å². The van der Waals surface area contributed by atoms with Gasteiger partial charge in [-0.15, -0.1) is 0 Å². The normalized spacial score (nSPS) is 10.7. The van der Waals surface area contributed by atoms with Crippen LogP contribution in [-0.2, 0) is 4.74 Å². The highest BCUT2D eigenvalue weighted by molar-refractivity contribution is 9.10. The number of hydrogen-bond acceptors (Lipinski definition) is 4. The van der Waals surface area contributed by atoms with Crippen LogP contribution in [0.4, 0.5) is 14.5 Å². The van der Waals surface area contributed by atoms with E-state index in [-0.39, 0.29) is 26.6 Å². The number of nitrogens with zero attached hydrogens (tertiary/aromatic N) is 1. The van der Waals surface area contributed by atoms with E-state index in [1.165, 1.54) is 7.11 Å². The Morgan fingerprint density at radius 1 is 1.44 bits per heavy atom. The van der Waals surface area contributed by atoms with Crippen molar-refractivity contribution in [2.45, 2.75) is 0 Å². The molecule has 0 unspecified atom stereocenters. The summed E-state index contributed by atoms with van der Waals surface area (Å²) in [6, 6.07) is 0.691. The van der Waals surface area contributed by atoms with Crippen LogP contribution >= 0.6 is 15.9 Å². The van der Waals surface area contributed by atoms with E-state index in [4.69, 9.17) is 5.73 Å². The van der Waals surface area contributed by atoms with Crippen molar-refractivity contribution in [3.8, 4) is 0 Å². The second-order valence-corrected chi connectivity index (χ2v) is 4.25. The molecule has 2 N–H and O–H groups in total. The second kappa shape index (κ2) is 4.49. The number of carbonyl (C=O) groups excluding carboxylic acids is 1. The van der Waals surface area contributed by atoms with Crippen LogP contribution in [-0.4, -0.2) is 18.1 Å². The van der Waals surface area contributed by atoms with Crippen molar-refractivity contribution in [2.75, 3.05) is 12.8 Å². The molecule has 18 heavy (non-hydrogen) atoms. The molecule has 0 aliphatic carbocycles. The van der Waals surface area contributed by atoms with Crippen molar-refractivity contribution in [1.82, 2.24) is 4.98 Å². The summed E-state index contributed by atoms with van der Waals surface area (Å²) in [6.07, 6.45) is 1.09. The van der Waals surface area contributed by atoms with E-state index in [0.717, 1.165) is 6.20 Å². The first-order chi connectivity index (χ1) is 8.47. The molecule has 1 heterocycles. The zero-order valence-corrected chi connectivity index (χ0v) is 10.7. The first-order valence-electron chi connectivity index (χ1n) is 4.77. The number of hydrogen-bond donors (Lipinski definition) is 1. The van der Waals surface area contributed by atoms with Gasteiger partial charge < -0.3 is 10.5 Å². The summed E-state index contributed by atoms with van der Waals surface area (Å²) in [7, 11) is 1.17. The molecule has 0 atom stereocenters. The molecule has 2 rings (SSSR count). The van der Waals surface area contributed by atoms with E-state index in [2.05, 4.69) is 25.7 Å². The van der Waals surface area contributed by atoms with Gasteiger partial charge in [0.25, 0.3) is 0 Å². The molecule has 0 amide bonds. The molecule has 2 aromatic rings. The number of anilines is 1. The lowest BCUT2D eigenvalue weighted by atomic mass is 10.1. The molecule has 4 nitrogen and oxygen atoms in total. The number of rotatable bonds is 1. The van der Waals surface area contributed by atoms with Crippen LogP contribution in [0.3, 0.4) is 0 Å². The van der Waals surface area contributed by atoms with Crippen molar-refractivity contribution in [3.63, 3.8) is 0 Å². The van der Waals surface area contributed by atoms with E-state index in [0.29, 0.717) is 6.07 Å². The molecule has 0 aliphatic rings. The Kier molecular flexibility index (Phi) is 3.16. The van der Waals surface area contributed by atoms with E-state index in [1.54, 1.807) is 0 Å². The molecule has 0 radical (unpaired) electrons. The molecule has 0 aliphatic heterocycles. The van der Waals surface area contributed by atoms with Gasteiger partial charge in [0, 0.05) is 17.6 Å². The zero-order chi connectivity index (χ0) is 13.4. The quantitative estimate of drug-likeness (QED) is 0.649. The molecule has 7 heteroatoms. The summed E-state index contributed by atoms with van der Waals surface area (Å²) in [4.78, 5) is 15.2. The van der Waals surface area contributed by atoms with E-state index >= 15 is 0 Å². The maximum absolute atomic E-state index is 13.5. The SMILES string of the molecule is COC(=O)c1cnc2c(F)cc(F)c(Br)c2c1N. The number of nitrogen functional groups attached to an aromatic ring is 1. The fraction of sp³-hybridized carbons (Fsp3) is 0.0909. The Balaban J connectivity index is 2.89. The number of halogens is 3. The van der Waals surface area contributed by atoms with Gasteiger partial charge in [-0.1, -0.05) is 0 Å². The Hall–Kier alpha value is -1.76. The fourth-order valence-electron chi connectivity index (χ4n) is 1.56. The van der Waals surface area contributed by atoms with Crippen molar-refractivity contribution in [1.29, 1.82) is 0 Å². The Morgan fingerprint density at radius 2 is 2.11 bits per heavy atom. The molecule has 94 valence electrons. The van der Waals surface area contributed by atoms with Crippen LogP contribution in [0.15, 0.2) is 16.7 Å². The lowest BCUT2D eigenvalue weighted by molar-refractivity contribution is 0.0601. The van der Waals surface area contributed by atoms with Gasteiger partial charge >= 0.3 is 5.97 Å². The van der Waals surface area contributed by atoms with Crippen LogP contribution in [0.1, 0.15) is 10.4 Å². The summed E-state index contributed by atoms with van der Waals surface area (Å²) < 4.78 is 31.4.